The summed E-state index contributed by atoms with van der Waals surface area (Å²) in [5.74, 6) is -0.655. The quantitative estimate of drug-likeness (QED) is 0.344. The molecule has 0 bridgehead atoms. The first-order valence-electron chi connectivity index (χ1n) is 9.20. The van der Waals surface area contributed by atoms with E-state index in [9.17, 15) is 4.79 Å². The summed E-state index contributed by atoms with van der Waals surface area (Å²) in [5.41, 5.74) is 0. The van der Waals surface area contributed by atoms with Crippen molar-refractivity contribution in [3.8, 4) is 0 Å². The fourth-order valence-corrected chi connectivity index (χ4v) is 2.17. The highest BCUT2D eigenvalue weighted by atomic mass is 16.4. The van der Waals surface area contributed by atoms with Gasteiger partial charge in [0, 0.05) is 6.42 Å². The summed E-state index contributed by atoms with van der Waals surface area (Å²) in [4.78, 5) is 10.3. The number of aliphatic carboxylic acids is 1. The molecule has 0 spiro atoms. The molecule has 0 aromatic carbocycles. The van der Waals surface area contributed by atoms with Gasteiger partial charge in [0.1, 0.15) is 6.10 Å². The molecule has 0 rings (SSSR count). The SMILES string of the molecule is CCCCCCCCCCCCCCC(=O)O.OCC(O)CO. The smallest absolute Gasteiger partial charge is 0.303 e. The van der Waals surface area contributed by atoms with Crippen LogP contribution in [0.5, 0.6) is 0 Å². The van der Waals surface area contributed by atoms with Gasteiger partial charge in [-0.05, 0) is 6.42 Å². The molecule has 0 aliphatic heterocycles. The number of hydrogen-bond donors (Lipinski definition) is 4. The van der Waals surface area contributed by atoms with E-state index in [1.807, 2.05) is 0 Å². The Labute approximate surface area is 141 Å². The lowest BCUT2D eigenvalue weighted by atomic mass is 10.0. The Balaban J connectivity index is 0. The molecule has 0 saturated carbocycles. The van der Waals surface area contributed by atoms with Gasteiger partial charge >= 0.3 is 5.97 Å². The van der Waals surface area contributed by atoms with Crippen LogP contribution in [0.1, 0.15) is 90.4 Å². The molecule has 0 fully saturated rings. The lowest BCUT2D eigenvalue weighted by molar-refractivity contribution is -0.137. The van der Waals surface area contributed by atoms with Crippen LogP contribution < -0.4 is 0 Å². The van der Waals surface area contributed by atoms with Gasteiger partial charge in [-0.3, -0.25) is 4.79 Å². The number of aliphatic hydroxyl groups is 3. The van der Waals surface area contributed by atoms with E-state index in [1.165, 1.54) is 64.2 Å². The number of carbonyl (C=O) groups is 1. The van der Waals surface area contributed by atoms with Crippen molar-refractivity contribution in [2.75, 3.05) is 13.2 Å². The van der Waals surface area contributed by atoms with E-state index in [0.29, 0.717) is 6.42 Å². The standard InChI is InChI=1S/C15H30O2.C3H8O3/c1-2-3-4-5-6-7-8-9-10-11-12-13-14-15(16)17;4-1-3(6)2-5/h2-14H2,1H3,(H,16,17);3-6H,1-2H2. The highest BCUT2D eigenvalue weighted by molar-refractivity contribution is 5.66. The average Bonchev–Trinajstić information content (AvgIpc) is 2.55. The minimum Gasteiger partial charge on any atom is -0.481 e. The van der Waals surface area contributed by atoms with E-state index < -0.39 is 12.1 Å². The number of carboxylic acids is 1. The lowest BCUT2D eigenvalue weighted by Gasteiger charge is -2.02. The van der Waals surface area contributed by atoms with Crippen LogP contribution in [0.4, 0.5) is 0 Å². The van der Waals surface area contributed by atoms with Gasteiger partial charge in [-0.1, -0.05) is 77.6 Å². The Kier molecular flexibility index (Phi) is 22.8. The van der Waals surface area contributed by atoms with Gasteiger partial charge in [0.05, 0.1) is 13.2 Å². The molecule has 5 nitrogen and oxygen atoms in total. The molecule has 0 saturated heterocycles. The fourth-order valence-electron chi connectivity index (χ4n) is 2.17. The minimum absolute atomic E-state index is 0.345. The monoisotopic (exact) mass is 334 g/mol. The van der Waals surface area contributed by atoms with Crippen molar-refractivity contribution >= 4 is 5.97 Å². The van der Waals surface area contributed by atoms with Crippen molar-refractivity contribution in [1.82, 2.24) is 0 Å². The summed E-state index contributed by atoms with van der Waals surface area (Å²) in [5, 5.41) is 32.5. The minimum atomic E-state index is -0.954. The maximum Gasteiger partial charge on any atom is 0.303 e. The van der Waals surface area contributed by atoms with Crippen molar-refractivity contribution in [2.45, 2.75) is 96.5 Å². The summed E-state index contributed by atoms with van der Waals surface area (Å²) in [7, 11) is 0. The summed E-state index contributed by atoms with van der Waals surface area (Å²) < 4.78 is 0. The van der Waals surface area contributed by atoms with Crippen LogP contribution in [0.15, 0.2) is 0 Å². The predicted octanol–water partition coefficient (Wildman–Crippen LogP) is 3.49. The molecule has 0 atom stereocenters. The van der Waals surface area contributed by atoms with E-state index in [2.05, 4.69) is 6.92 Å². The van der Waals surface area contributed by atoms with Crippen LogP contribution in [-0.2, 0) is 4.79 Å². The summed E-state index contributed by atoms with van der Waals surface area (Å²) >= 11 is 0. The normalized spacial score (nSPS) is 10.5. The van der Waals surface area contributed by atoms with E-state index in [1.54, 1.807) is 0 Å². The largest absolute Gasteiger partial charge is 0.481 e. The van der Waals surface area contributed by atoms with Crippen molar-refractivity contribution in [2.24, 2.45) is 0 Å². The molecular formula is C18H38O5. The van der Waals surface area contributed by atoms with Crippen molar-refractivity contribution in [3.63, 3.8) is 0 Å². The number of hydrogen-bond acceptors (Lipinski definition) is 4. The van der Waals surface area contributed by atoms with Gasteiger partial charge < -0.3 is 20.4 Å². The van der Waals surface area contributed by atoms with Crippen molar-refractivity contribution < 1.29 is 25.2 Å². The molecule has 140 valence electrons. The molecule has 0 radical (unpaired) electrons. The Morgan fingerprint density at radius 2 is 1.09 bits per heavy atom. The highest BCUT2D eigenvalue weighted by Crippen LogP contribution is 2.12. The zero-order chi connectivity index (χ0) is 17.8. The topological polar surface area (TPSA) is 98.0 Å². The molecular weight excluding hydrogens is 296 g/mol. The number of rotatable bonds is 15. The second-order valence-electron chi connectivity index (χ2n) is 6.05. The van der Waals surface area contributed by atoms with Crippen LogP contribution in [-0.4, -0.2) is 45.7 Å². The van der Waals surface area contributed by atoms with E-state index in [-0.39, 0.29) is 13.2 Å². The number of carboxylic acid groups (broad SMARTS) is 1. The molecule has 5 heteroatoms. The third-order valence-electron chi connectivity index (χ3n) is 3.67. The lowest BCUT2D eigenvalue weighted by Crippen LogP contribution is -2.15. The van der Waals surface area contributed by atoms with Crippen molar-refractivity contribution in [1.29, 1.82) is 0 Å². The molecule has 0 aromatic heterocycles. The van der Waals surface area contributed by atoms with E-state index in [4.69, 9.17) is 20.4 Å². The predicted molar refractivity (Wildman–Crippen MR) is 93.5 cm³/mol. The Bertz CT molecular complexity index is 229. The van der Waals surface area contributed by atoms with Crippen LogP contribution >= 0.6 is 0 Å². The zero-order valence-electron chi connectivity index (χ0n) is 14.9. The highest BCUT2D eigenvalue weighted by Gasteiger charge is 1.96. The van der Waals surface area contributed by atoms with Gasteiger partial charge in [-0.25, -0.2) is 0 Å². The molecule has 0 aliphatic rings. The molecule has 0 aromatic rings. The fraction of sp³-hybridized carbons (Fsp3) is 0.944. The average molecular weight is 334 g/mol. The first kappa shape index (κ1) is 24.6. The summed E-state index contributed by atoms with van der Waals surface area (Å²) in [6, 6.07) is 0. The molecule has 0 amide bonds. The molecule has 0 aliphatic carbocycles. The van der Waals surface area contributed by atoms with Crippen LogP contribution in [0, 0.1) is 0 Å². The molecule has 4 N–H and O–H groups in total. The van der Waals surface area contributed by atoms with E-state index in [0.717, 1.165) is 12.8 Å². The van der Waals surface area contributed by atoms with Gasteiger partial charge in [0.15, 0.2) is 0 Å². The molecule has 0 unspecified atom stereocenters. The van der Waals surface area contributed by atoms with E-state index >= 15 is 0 Å². The first-order valence-corrected chi connectivity index (χ1v) is 9.20. The van der Waals surface area contributed by atoms with Crippen LogP contribution in [0.2, 0.25) is 0 Å². The van der Waals surface area contributed by atoms with Gasteiger partial charge in [0.2, 0.25) is 0 Å². The third-order valence-corrected chi connectivity index (χ3v) is 3.67. The van der Waals surface area contributed by atoms with Gasteiger partial charge in [-0.15, -0.1) is 0 Å². The number of aliphatic hydroxyl groups excluding tert-OH is 3. The van der Waals surface area contributed by atoms with Gasteiger partial charge in [-0.2, -0.15) is 0 Å². The first-order chi connectivity index (χ1) is 11.1. The summed E-state index contributed by atoms with van der Waals surface area (Å²) in [6.07, 6.45) is 14.9. The maximum atomic E-state index is 10.3. The second-order valence-corrected chi connectivity index (χ2v) is 6.05. The summed E-state index contributed by atoms with van der Waals surface area (Å²) in [6.45, 7) is 1.53. The molecule has 0 heterocycles. The Morgan fingerprint density at radius 3 is 1.35 bits per heavy atom. The van der Waals surface area contributed by atoms with Crippen LogP contribution in [0.25, 0.3) is 0 Å². The second kappa shape index (κ2) is 21.4. The van der Waals surface area contributed by atoms with Gasteiger partial charge in [0.25, 0.3) is 0 Å². The molecule has 23 heavy (non-hydrogen) atoms. The van der Waals surface area contributed by atoms with Crippen molar-refractivity contribution in [3.05, 3.63) is 0 Å². The Morgan fingerprint density at radius 1 is 0.739 bits per heavy atom. The zero-order valence-corrected chi connectivity index (χ0v) is 14.9. The third kappa shape index (κ3) is 26.6. The Hall–Kier alpha value is -0.650. The maximum absolute atomic E-state index is 10.3. The van der Waals surface area contributed by atoms with Crippen LogP contribution in [0.3, 0.4) is 0 Å². The number of unbranched alkanes of at least 4 members (excludes halogenated alkanes) is 11.